The fourth-order valence-electron chi connectivity index (χ4n) is 3.27. The molecule has 2 aromatic heterocycles. The topological polar surface area (TPSA) is 59.3 Å². The molecule has 0 bridgehead atoms. The van der Waals surface area contributed by atoms with E-state index in [9.17, 15) is 18.0 Å². The van der Waals surface area contributed by atoms with Crippen LogP contribution in [0.25, 0.3) is 17.0 Å². The van der Waals surface area contributed by atoms with Crippen molar-refractivity contribution in [2.45, 2.75) is 19.0 Å². The summed E-state index contributed by atoms with van der Waals surface area (Å²) in [7, 11) is 0. The van der Waals surface area contributed by atoms with Crippen molar-refractivity contribution in [3.8, 4) is 11.4 Å². The minimum absolute atomic E-state index is 0.234. The highest BCUT2D eigenvalue weighted by atomic mass is 19.4. The van der Waals surface area contributed by atoms with E-state index in [0.29, 0.717) is 29.1 Å². The number of benzene rings is 2. The summed E-state index contributed by atoms with van der Waals surface area (Å²) in [5.74, 6) is 0.129. The summed E-state index contributed by atoms with van der Waals surface area (Å²) in [5, 5.41) is 11.0. The number of hydrogen-bond donors (Lipinski definition) is 1. The van der Waals surface area contributed by atoms with Gasteiger partial charge in [-0.25, -0.2) is 0 Å². The molecule has 0 radical (unpaired) electrons. The zero-order valence-corrected chi connectivity index (χ0v) is 16.4. The predicted octanol–water partition coefficient (Wildman–Crippen LogP) is 4.78. The molecule has 2 aromatic carbocycles. The molecule has 0 saturated heterocycles. The van der Waals surface area contributed by atoms with Crippen molar-refractivity contribution < 1.29 is 18.0 Å². The smallest absolute Gasteiger partial charge is 0.352 e. The highest BCUT2D eigenvalue weighted by molar-refractivity contribution is 5.94. The number of aromatic nitrogens is 3. The van der Waals surface area contributed by atoms with E-state index in [2.05, 4.69) is 15.5 Å². The molecule has 2 heterocycles. The minimum atomic E-state index is -4.41. The van der Waals surface area contributed by atoms with Gasteiger partial charge in [0.15, 0.2) is 11.5 Å². The lowest BCUT2D eigenvalue weighted by Crippen LogP contribution is -2.25. The second-order valence-electron chi connectivity index (χ2n) is 7.09. The van der Waals surface area contributed by atoms with Crippen LogP contribution >= 0.6 is 0 Å². The third-order valence-corrected chi connectivity index (χ3v) is 4.91. The van der Waals surface area contributed by atoms with Crippen LogP contribution in [0.4, 0.5) is 13.2 Å². The number of nitrogens with one attached hydrogen (secondary N) is 1. The van der Waals surface area contributed by atoms with Crippen LogP contribution < -0.4 is 5.32 Å². The van der Waals surface area contributed by atoms with E-state index in [0.717, 1.165) is 25.0 Å². The molecule has 8 heteroatoms. The van der Waals surface area contributed by atoms with Crippen LogP contribution in [-0.4, -0.2) is 27.0 Å². The molecule has 0 aliphatic rings. The maximum absolute atomic E-state index is 12.8. The molecule has 0 aliphatic carbocycles. The van der Waals surface area contributed by atoms with Crippen molar-refractivity contribution in [3.63, 3.8) is 0 Å². The number of carbonyl (C=O) groups is 1. The molecule has 31 heavy (non-hydrogen) atoms. The second-order valence-corrected chi connectivity index (χ2v) is 7.09. The highest BCUT2D eigenvalue weighted by Gasteiger charge is 2.30. The number of aryl methyl sites for hydroxylation is 1. The second kappa shape index (κ2) is 8.59. The van der Waals surface area contributed by atoms with E-state index in [1.165, 1.54) is 17.7 Å². The molecular formula is C23H19F3N4O. The van der Waals surface area contributed by atoms with Gasteiger partial charge in [-0.15, -0.1) is 10.2 Å². The fourth-order valence-corrected chi connectivity index (χ4v) is 3.27. The summed E-state index contributed by atoms with van der Waals surface area (Å²) >= 11 is 0. The summed E-state index contributed by atoms with van der Waals surface area (Å²) in [6.45, 7) is 0.527. The molecular weight excluding hydrogens is 405 g/mol. The first-order valence-electron chi connectivity index (χ1n) is 9.76. The Bertz CT molecular complexity index is 1190. The number of halogens is 3. The fraction of sp³-hybridized carbons (Fsp3) is 0.174. The molecule has 4 aromatic rings. The average molecular weight is 424 g/mol. The Morgan fingerprint density at radius 1 is 0.935 bits per heavy atom. The number of amides is 1. The Morgan fingerprint density at radius 2 is 1.68 bits per heavy atom. The normalized spacial score (nSPS) is 11.6. The molecule has 158 valence electrons. The van der Waals surface area contributed by atoms with Gasteiger partial charge in [-0.05, 0) is 42.7 Å². The van der Waals surface area contributed by atoms with E-state index in [1.807, 2.05) is 30.3 Å². The molecule has 0 atom stereocenters. The van der Waals surface area contributed by atoms with Crippen LogP contribution in [0.5, 0.6) is 0 Å². The lowest BCUT2D eigenvalue weighted by Gasteiger charge is -2.08. The maximum atomic E-state index is 12.8. The van der Waals surface area contributed by atoms with Gasteiger partial charge in [0, 0.05) is 18.3 Å². The van der Waals surface area contributed by atoms with Gasteiger partial charge in [0.05, 0.1) is 11.1 Å². The van der Waals surface area contributed by atoms with E-state index in [4.69, 9.17) is 0 Å². The predicted molar refractivity (Wildman–Crippen MR) is 111 cm³/mol. The van der Waals surface area contributed by atoms with Crippen molar-refractivity contribution in [1.29, 1.82) is 0 Å². The van der Waals surface area contributed by atoms with Gasteiger partial charge in [0.2, 0.25) is 0 Å². The minimum Gasteiger partial charge on any atom is -0.352 e. The van der Waals surface area contributed by atoms with E-state index in [1.54, 1.807) is 22.7 Å². The van der Waals surface area contributed by atoms with Crippen LogP contribution in [0.3, 0.4) is 0 Å². The van der Waals surface area contributed by atoms with Gasteiger partial charge in [-0.3, -0.25) is 9.20 Å². The molecule has 0 fully saturated rings. The Labute approximate surface area is 176 Å². The molecule has 0 aliphatic heterocycles. The van der Waals surface area contributed by atoms with Crippen LogP contribution in [0.1, 0.15) is 27.9 Å². The summed E-state index contributed by atoms with van der Waals surface area (Å²) in [4.78, 5) is 12.5. The first kappa shape index (κ1) is 20.6. The molecule has 1 N–H and O–H groups in total. The maximum Gasteiger partial charge on any atom is 0.416 e. The lowest BCUT2D eigenvalue weighted by molar-refractivity contribution is -0.137. The monoisotopic (exact) mass is 424 g/mol. The van der Waals surface area contributed by atoms with Gasteiger partial charge in [-0.2, -0.15) is 13.2 Å². The largest absolute Gasteiger partial charge is 0.416 e. The Morgan fingerprint density at radius 3 is 2.39 bits per heavy atom. The van der Waals surface area contributed by atoms with Crippen LogP contribution in [0.15, 0.2) is 72.9 Å². The molecule has 0 unspecified atom stereocenters. The molecule has 1 amide bonds. The lowest BCUT2D eigenvalue weighted by atomic mass is 10.1. The summed E-state index contributed by atoms with van der Waals surface area (Å²) in [6.07, 6.45) is -1.14. The third kappa shape index (κ3) is 4.74. The summed E-state index contributed by atoms with van der Waals surface area (Å²) < 4.78 is 40.0. The number of pyridine rings is 1. The van der Waals surface area contributed by atoms with Crippen molar-refractivity contribution in [2.75, 3.05) is 6.54 Å². The zero-order valence-electron chi connectivity index (χ0n) is 16.4. The Kier molecular flexibility index (Phi) is 5.70. The number of nitrogens with zero attached hydrogens (tertiary/aromatic N) is 3. The standard InChI is InChI=1S/C23H19F3N4O/c24-23(25,26)19-11-8-17(9-12-19)21-29-28-20-13-10-18(15-30(20)21)22(31)27-14-4-7-16-5-2-1-3-6-16/h1-3,5-6,8-13,15H,4,7,14H2,(H,27,31). The number of rotatable bonds is 6. The van der Waals surface area contributed by atoms with Crippen molar-refractivity contribution in [2.24, 2.45) is 0 Å². The first-order valence-corrected chi connectivity index (χ1v) is 9.76. The molecule has 5 nitrogen and oxygen atoms in total. The number of carbonyl (C=O) groups excluding carboxylic acids is 1. The van der Waals surface area contributed by atoms with E-state index < -0.39 is 11.7 Å². The SMILES string of the molecule is O=C(NCCCc1ccccc1)c1ccc2nnc(-c3ccc(C(F)(F)F)cc3)n2c1. The molecule has 0 saturated carbocycles. The summed E-state index contributed by atoms with van der Waals surface area (Å²) in [6, 6.07) is 18.0. The zero-order chi connectivity index (χ0) is 21.8. The van der Waals surface area contributed by atoms with E-state index in [-0.39, 0.29) is 5.91 Å². The van der Waals surface area contributed by atoms with Gasteiger partial charge in [0.1, 0.15) is 0 Å². The number of hydrogen-bond acceptors (Lipinski definition) is 3. The van der Waals surface area contributed by atoms with Crippen LogP contribution in [0, 0.1) is 0 Å². The summed E-state index contributed by atoms with van der Waals surface area (Å²) in [5.41, 5.74) is 1.86. The van der Waals surface area contributed by atoms with Gasteiger partial charge >= 0.3 is 6.18 Å². The van der Waals surface area contributed by atoms with Crippen molar-refractivity contribution >= 4 is 11.6 Å². The quantitative estimate of drug-likeness (QED) is 0.454. The number of fused-ring (bicyclic) bond motifs is 1. The van der Waals surface area contributed by atoms with Crippen LogP contribution in [-0.2, 0) is 12.6 Å². The van der Waals surface area contributed by atoms with Crippen molar-refractivity contribution in [1.82, 2.24) is 19.9 Å². The molecule has 0 spiro atoms. The number of alkyl halides is 3. The van der Waals surface area contributed by atoms with Crippen LogP contribution in [0.2, 0.25) is 0 Å². The Balaban J connectivity index is 1.47. The van der Waals surface area contributed by atoms with Crippen molar-refractivity contribution in [3.05, 3.63) is 89.6 Å². The average Bonchev–Trinajstić information content (AvgIpc) is 3.20. The highest BCUT2D eigenvalue weighted by Crippen LogP contribution is 2.30. The third-order valence-electron chi connectivity index (χ3n) is 4.91. The van der Waals surface area contributed by atoms with Gasteiger partial charge in [-0.1, -0.05) is 42.5 Å². The van der Waals surface area contributed by atoms with Gasteiger partial charge < -0.3 is 5.32 Å². The molecule has 4 rings (SSSR count). The Hall–Kier alpha value is -3.68. The van der Waals surface area contributed by atoms with Gasteiger partial charge in [0.25, 0.3) is 5.91 Å². The van der Waals surface area contributed by atoms with E-state index >= 15 is 0 Å². The first-order chi connectivity index (χ1) is 14.9.